The van der Waals surface area contributed by atoms with Gasteiger partial charge in [-0.25, -0.2) is 0 Å². The Bertz CT molecular complexity index is 488. The van der Waals surface area contributed by atoms with E-state index in [2.05, 4.69) is 35.8 Å². The highest BCUT2D eigenvalue weighted by atomic mass is 16.4. The van der Waals surface area contributed by atoms with Crippen LogP contribution in [-0.2, 0) is 17.6 Å². The first-order valence-electron chi connectivity index (χ1n) is 7.94. The van der Waals surface area contributed by atoms with E-state index in [-0.39, 0.29) is 6.04 Å². The Balaban J connectivity index is 1.95. The van der Waals surface area contributed by atoms with Gasteiger partial charge in [-0.1, -0.05) is 25.5 Å². The van der Waals surface area contributed by atoms with Crippen molar-refractivity contribution in [2.45, 2.75) is 58.0 Å². The summed E-state index contributed by atoms with van der Waals surface area (Å²) in [5.74, 6) is -0.752. The average molecular weight is 290 g/mol. The van der Waals surface area contributed by atoms with E-state index in [4.69, 9.17) is 0 Å². The predicted molar refractivity (Wildman–Crippen MR) is 85.9 cm³/mol. The number of benzene rings is 1. The Morgan fingerprint density at radius 1 is 1.48 bits per heavy atom. The third-order valence-electron chi connectivity index (χ3n) is 4.01. The van der Waals surface area contributed by atoms with Crippen LogP contribution in [0.25, 0.3) is 0 Å². The molecule has 0 amide bonds. The van der Waals surface area contributed by atoms with Gasteiger partial charge in [-0.2, -0.15) is 0 Å². The molecule has 21 heavy (non-hydrogen) atoms. The number of aryl methyl sites for hydroxylation is 1. The lowest BCUT2D eigenvalue weighted by atomic mass is 9.97. The van der Waals surface area contributed by atoms with E-state index in [1.54, 1.807) is 0 Å². The lowest BCUT2D eigenvalue weighted by Gasteiger charge is -2.22. The van der Waals surface area contributed by atoms with Gasteiger partial charge in [-0.05, 0) is 49.8 Å². The van der Waals surface area contributed by atoms with Crippen LogP contribution in [-0.4, -0.2) is 29.7 Å². The van der Waals surface area contributed by atoms with Gasteiger partial charge >= 0.3 is 5.97 Å². The van der Waals surface area contributed by atoms with Crippen molar-refractivity contribution >= 4 is 11.7 Å². The fourth-order valence-electron chi connectivity index (χ4n) is 2.98. The van der Waals surface area contributed by atoms with Crippen molar-refractivity contribution in [2.24, 2.45) is 0 Å². The molecule has 1 aliphatic heterocycles. The average Bonchev–Trinajstić information content (AvgIpc) is 2.46. The highest BCUT2D eigenvalue weighted by Crippen LogP contribution is 2.23. The van der Waals surface area contributed by atoms with E-state index < -0.39 is 12.0 Å². The minimum absolute atomic E-state index is 0.159. The van der Waals surface area contributed by atoms with E-state index in [1.807, 2.05) is 6.92 Å². The number of carboxylic acid groups (broad SMARTS) is 1. The summed E-state index contributed by atoms with van der Waals surface area (Å²) in [6, 6.07) is 6.27. The van der Waals surface area contributed by atoms with Crippen molar-refractivity contribution in [3.8, 4) is 0 Å². The second-order valence-corrected chi connectivity index (χ2v) is 5.97. The van der Waals surface area contributed by atoms with Crippen molar-refractivity contribution in [1.82, 2.24) is 5.32 Å². The normalized spacial score (nSPS) is 16.7. The van der Waals surface area contributed by atoms with E-state index in [1.165, 1.54) is 23.2 Å². The number of fused-ring (bicyclic) bond motifs is 1. The van der Waals surface area contributed by atoms with Gasteiger partial charge in [-0.15, -0.1) is 0 Å². The van der Waals surface area contributed by atoms with Gasteiger partial charge in [0, 0.05) is 18.3 Å². The molecule has 2 rings (SSSR count). The quantitative estimate of drug-likeness (QED) is 0.722. The van der Waals surface area contributed by atoms with Crippen LogP contribution in [0.1, 0.15) is 44.2 Å². The van der Waals surface area contributed by atoms with E-state index in [0.29, 0.717) is 6.42 Å². The monoisotopic (exact) mass is 290 g/mol. The molecule has 116 valence electrons. The number of anilines is 1. The van der Waals surface area contributed by atoms with Gasteiger partial charge in [0.2, 0.25) is 0 Å². The molecule has 3 N–H and O–H groups in total. The number of rotatable bonds is 7. The topological polar surface area (TPSA) is 61.4 Å². The highest BCUT2D eigenvalue weighted by Gasteiger charge is 2.18. The van der Waals surface area contributed by atoms with E-state index in [9.17, 15) is 9.90 Å². The molecule has 2 atom stereocenters. The van der Waals surface area contributed by atoms with Gasteiger partial charge in [-0.3, -0.25) is 4.79 Å². The molecular formula is C17H26N2O2. The number of hydrogen-bond acceptors (Lipinski definition) is 3. The molecule has 0 bridgehead atoms. The molecule has 1 aromatic carbocycles. The second kappa shape index (κ2) is 7.46. The Morgan fingerprint density at radius 2 is 2.29 bits per heavy atom. The SMILES string of the molecule is CCCC(NC(C)Cc1ccc2c(c1)CCCN2)C(=O)O. The summed E-state index contributed by atoms with van der Waals surface area (Å²) in [7, 11) is 0. The van der Waals surface area contributed by atoms with Gasteiger partial charge < -0.3 is 15.7 Å². The molecular weight excluding hydrogens is 264 g/mol. The summed E-state index contributed by atoms with van der Waals surface area (Å²) in [5.41, 5.74) is 3.91. The van der Waals surface area contributed by atoms with Gasteiger partial charge in [0.25, 0.3) is 0 Å². The third-order valence-corrected chi connectivity index (χ3v) is 4.01. The number of carbonyl (C=O) groups is 1. The predicted octanol–water partition coefficient (Wildman–Crippen LogP) is 2.82. The molecule has 1 heterocycles. The zero-order valence-corrected chi connectivity index (χ0v) is 13.0. The fraction of sp³-hybridized carbons (Fsp3) is 0.588. The van der Waals surface area contributed by atoms with Crippen LogP contribution >= 0.6 is 0 Å². The summed E-state index contributed by atoms with van der Waals surface area (Å²) in [6.45, 7) is 5.13. The lowest BCUT2D eigenvalue weighted by Crippen LogP contribution is -2.42. The molecule has 1 aliphatic rings. The van der Waals surface area contributed by atoms with Crippen LogP contribution in [0.3, 0.4) is 0 Å². The Hall–Kier alpha value is -1.55. The van der Waals surface area contributed by atoms with Gasteiger partial charge in [0.15, 0.2) is 0 Å². The van der Waals surface area contributed by atoms with Crippen LogP contribution in [0, 0.1) is 0 Å². The molecule has 0 aromatic heterocycles. The van der Waals surface area contributed by atoms with Crippen molar-refractivity contribution < 1.29 is 9.90 Å². The maximum atomic E-state index is 11.2. The zero-order chi connectivity index (χ0) is 15.2. The molecule has 4 nitrogen and oxygen atoms in total. The molecule has 0 saturated heterocycles. The fourth-order valence-corrected chi connectivity index (χ4v) is 2.98. The van der Waals surface area contributed by atoms with E-state index in [0.717, 1.165) is 25.8 Å². The Kier molecular flexibility index (Phi) is 5.62. The minimum Gasteiger partial charge on any atom is -0.480 e. The first kappa shape index (κ1) is 15.8. The molecule has 0 saturated carbocycles. The largest absolute Gasteiger partial charge is 0.480 e. The van der Waals surface area contributed by atoms with Crippen molar-refractivity contribution in [3.63, 3.8) is 0 Å². The number of carboxylic acids is 1. The summed E-state index contributed by atoms with van der Waals surface area (Å²) in [6.07, 6.45) is 4.73. The standard InChI is InChI=1S/C17H26N2O2/c1-3-5-16(17(20)21)19-12(2)10-13-7-8-15-14(11-13)6-4-9-18-15/h7-8,11-12,16,18-19H,3-6,9-10H2,1-2H3,(H,20,21). The van der Waals surface area contributed by atoms with Crippen molar-refractivity contribution in [3.05, 3.63) is 29.3 Å². The van der Waals surface area contributed by atoms with Gasteiger partial charge in [0.1, 0.15) is 6.04 Å². The Morgan fingerprint density at radius 3 is 3.00 bits per heavy atom. The van der Waals surface area contributed by atoms with Crippen molar-refractivity contribution in [2.75, 3.05) is 11.9 Å². The maximum absolute atomic E-state index is 11.2. The maximum Gasteiger partial charge on any atom is 0.320 e. The first-order valence-corrected chi connectivity index (χ1v) is 7.94. The Labute approximate surface area is 126 Å². The summed E-state index contributed by atoms with van der Waals surface area (Å²) in [5, 5.41) is 15.9. The molecule has 0 spiro atoms. The summed E-state index contributed by atoms with van der Waals surface area (Å²) in [4.78, 5) is 11.2. The molecule has 0 fully saturated rings. The number of hydrogen-bond donors (Lipinski definition) is 3. The lowest BCUT2D eigenvalue weighted by molar-refractivity contribution is -0.139. The van der Waals surface area contributed by atoms with Crippen LogP contribution < -0.4 is 10.6 Å². The van der Waals surface area contributed by atoms with E-state index >= 15 is 0 Å². The molecule has 0 aliphatic carbocycles. The molecule has 4 heteroatoms. The highest BCUT2D eigenvalue weighted by molar-refractivity contribution is 5.73. The number of aliphatic carboxylic acids is 1. The summed E-state index contributed by atoms with van der Waals surface area (Å²) >= 11 is 0. The smallest absolute Gasteiger partial charge is 0.320 e. The van der Waals surface area contributed by atoms with Crippen LogP contribution in [0.4, 0.5) is 5.69 Å². The molecule has 0 radical (unpaired) electrons. The van der Waals surface area contributed by atoms with Crippen molar-refractivity contribution in [1.29, 1.82) is 0 Å². The zero-order valence-electron chi connectivity index (χ0n) is 13.0. The minimum atomic E-state index is -0.752. The third kappa shape index (κ3) is 4.46. The molecule has 1 aromatic rings. The number of nitrogens with one attached hydrogen (secondary N) is 2. The first-order chi connectivity index (χ1) is 10.1. The van der Waals surface area contributed by atoms with Crippen LogP contribution in [0.5, 0.6) is 0 Å². The molecule has 2 unspecified atom stereocenters. The van der Waals surface area contributed by atoms with Gasteiger partial charge in [0.05, 0.1) is 0 Å². The van der Waals surface area contributed by atoms with Crippen LogP contribution in [0.2, 0.25) is 0 Å². The van der Waals surface area contributed by atoms with Crippen LogP contribution in [0.15, 0.2) is 18.2 Å². The second-order valence-electron chi connectivity index (χ2n) is 5.97. The summed E-state index contributed by atoms with van der Waals surface area (Å²) < 4.78 is 0.